The number of ether oxygens (including phenoxy) is 2. The molecule has 0 spiro atoms. The van der Waals surface area contributed by atoms with Crippen LogP contribution in [0.25, 0.3) is 0 Å². The van der Waals surface area contributed by atoms with E-state index < -0.39 is 5.82 Å². The van der Waals surface area contributed by atoms with Crippen molar-refractivity contribution in [2.24, 2.45) is 0 Å². The summed E-state index contributed by atoms with van der Waals surface area (Å²) < 4.78 is 24.2. The maximum absolute atomic E-state index is 13.7. The maximum atomic E-state index is 13.7. The zero-order valence-electron chi connectivity index (χ0n) is 11.7. The first-order valence-corrected chi connectivity index (χ1v) is 6.75. The van der Waals surface area contributed by atoms with E-state index in [0.717, 1.165) is 0 Å². The minimum atomic E-state index is -0.502. The average molecular weight is 311 g/mol. The van der Waals surface area contributed by atoms with Crippen molar-refractivity contribution in [1.29, 1.82) is 0 Å². The highest BCUT2D eigenvalue weighted by molar-refractivity contribution is 6.31. The number of hydrogen-bond donors (Lipinski definition) is 2. The summed E-state index contributed by atoms with van der Waals surface area (Å²) in [4.78, 5) is 0. The fraction of sp³-hybridized carbons (Fsp3) is 0.200. The van der Waals surface area contributed by atoms with Crippen molar-refractivity contribution in [2.45, 2.75) is 6.92 Å². The van der Waals surface area contributed by atoms with Crippen LogP contribution in [0.1, 0.15) is 6.92 Å². The average Bonchev–Trinajstić information content (AvgIpc) is 2.44. The molecule has 0 radical (unpaired) electrons. The number of nitrogen functional groups attached to an aromatic ring is 1. The lowest BCUT2D eigenvalue weighted by Crippen LogP contribution is -2.02. The summed E-state index contributed by atoms with van der Waals surface area (Å²) in [5.41, 5.74) is 7.24. The van der Waals surface area contributed by atoms with Crippen LogP contribution in [-0.2, 0) is 0 Å². The Bertz CT molecular complexity index is 650. The summed E-state index contributed by atoms with van der Waals surface area (Å²) in [7, 11) is 1.55. The van der Waals surface area contributed by atoms with Gasteiger partial charge in [-0.15, -0.1) is 0 Å². The van der Waals surface area contributed by atoms with Gasteiger partial charge in [-0.2, -0.15) is 0 Å². The van der Waals surface area contributed by atoms with Gasteiger partial charge >= 0.3 is 0 Å². The van der Waals surface area contributed by atoms with Crippen molar-refractivity contribution in [1.82, 2.24) is 0 Å². The van der Waals surface area contributed by atoms with Gasteiger partial charge in [0.25, 0.3) is 0 Å². The lowest BCUT2D eigenvalue weighted by atomic mass is 10.2. The molecule has 0 aliphatic heterocycles. The highest BCUT2D eigenvalue weighted by atomic mass is 35.5. The monoisotopic (exact) mass is 310 g/mol. The van der Waals surface area contributed by atoms with Crippen LogP contribution in [0.3, 0.4) is 0 Å². The smallest absolute Gasteiger partial charge is 0.167 e. The van der Waals surface area contributed by atoms with E-state index in [2.05, 4.69) is 5.32 Å². The third-order valence-electron chi connectivity index (χ3n) is 2.83. The SMILES string of the molecule is CCOc1cc(Nc2cc(Cl)ccc2OC)c(N)cc1F. The molecule has 2 rings (SSSR count). The van der Waals surface area contributed by atoms with Gasteiger partial charge in [-0.1, -0.05) is 11.6 Å². The normalized spacial score (nSPS) is 10.3. The molecule has 0 fully saturated rings. The summed E-state index contributed by atoms with van der Waals surface area (Å²) in [6, 6.07) is 7.86. The molecule has 21 heavy (non-hydrogen) atoms. The van der Waals surface area contributed by atoms with E-state index in [-0.39, 0.29) is 11.4 Å². The Balaban J connectivity index is 2.39. The van der Waals surface area contributed by atoms with Crippen LogP contribution >= 0.6 is 11.6 Å². The van der Waals surface area contributed by atoms with Crippen molar-refractivity contribution < 1.29 is 13.9 Å². The summed E-state index contributed by atoms with van der Waals surface area (Å²) in [5.74, 6) is 0.231. The predicted octanol–water partition coefficient (Wildman–Crippen LogP) is 4.21. The first-order chi connectivity index (χ1) is 10.0. The minimum absolute atomic E-state index is 0.134. The van der Waals surface area contributed by atoms with Gasteiger partial charge < -0.3 is 20.5 Å². The number of anilines is 3. The van der Waals surface area contributed by atoms with Gasteiger partial charge in [-0.05, 0) is 25.1 Å². The van der Waals surface area contributed by atoms with Gasteiger partial charge in [-0.3, -0.25) is 0 Å². The van der Waals surface area contributed by atoms with E-state index in [1.54, 1.807) is 32.2 Å². The molecule has 0 atom stereocenters. The van der Waals surface area contributed by atoms with E-state index in [1.165, 1.54) is 12.1 Å². The van der Waals surface area contributed by atoms with Crippen LogP contribution in [-0.4, -0.2) is 13.7 Å². The second kappa shape index (κ2) is 6.54. The van der Waals surface area contributed by atoms with E-state index in [1.807, 2.05) is 0 Å². The summed E-state index contributed by atoms with van der Waals surface area (Å²) >= 11 is 5.97. The summed E-state index contributed by atoms with van der Waals surface area (Å²) in [5, 5.41) is 3.62. The van der Waals surface area contributed by atoms with Crippen LogP contribution in [0, 0.1) is 5.82 Å². The second-order valence-electron chi connectivity index (χ2n) is 4.27. The molecule has 2 aromatic carbocycles. The quantitative estimate of drug-likeness (QED) is 0.812. The second-order valence-corrected chi connectivity index (χ2v) is 4.71. The van der Waals surface area contributed by atoms with Crippen molar-refractivity contribution in [3.63, 3.8) is 0 Å². The Labute approximate surface area is 127 Å². The van der Waals surface area contributed by atoms with Gasteiger partial charge in [0.2, 0.25) is 0 Å². The fourth-order valence-corrected chi connectivity index (χ4v) is 2.04. The molecule has 4 nitrogen and oxygen atoms in total. The molecule has 0 saturated heterocycles. The number of halogens is 2. The molecule has 112 valence electrons. The van der Waals surface area contributed by atoms with Crippen molar-refractivity contribution in [3.05, 3.63) is 41.2 Å². The van der Waals surface area contributed by atoms with Crippen LogP contribution in [0.2, 0.25) is 5.02 Å². The molecule has 0 bridgehead atoms. The Morgan fingerprint density at radius 3 is 2.62 bits per heavy atom. The first-order valence-electron chi connectivity index (χ1n) is 6.37. The van der Waals surface area contributed by atoms with Crippen LogP contribution in [0.4, 0.5) is 21.5 Å². The number of hydrogen-bond acceptors (Lipinski definition) is 4. The molecule has 0 amide bonds. The molecule has 6 heteroatoms. The molecule has 3 N–H and O–H groups in total. The third-order valence-corrected chi connectivity index (χ3v) is 3.07. The molecule has 0 aliphatic carbocycles. The van der Waals surface area contributed by atoms with E-state index in [0.29, 0.717) is 28.8 Å². The van der Waals surface area contributed by atoms with Gasteiger partial charge in [0.15, 0.2) is 11.6 Å². The van der Waals surface area contributed by atoms with Crippen molar-refractivity contribution in [2.75, 3.05) is 24.8 Å². The number of nitrogens with two attached hydrogens (primary N) is 1. The Hall–Kier alpha value is -2.14. The highest BCUT2D eigenvalue weighted by Gasteiger charge is 2.11. The van der Waals surface area contributed by atoms with E-state index >= 15 is 0 Å². The molecule has 0 aliphatic rings. The van der Waals surface area contributed by atoms with E-state index in [9.17, 15) is 4.39 Å². The van der Waals surface area contributed by atoms with Gasteiger partial charge in [-0.25, -0.2) is 4.39 Å². The van der Waals surface area contributed by atoms with Gasteiger partial charge in [0, 0.05) is 17.2 Å². The largest absolute Gasteiger partial charge is 0.495 e. The lowest BCUT2D eigenvalue weighted by molar-refractivity contribution is 0.322. The lowest BCUT2D eigenvalue weighted by Gasteiger charge is -2.15. The summed E-state index contributed by atoms with van der Waals surface area (Å²) in [6.45, 7) is 2.14. The zero-order chi connectivity index (χ0) is 15.4. The van der Waals surface area contributed by atoms with Crippen LogP contribution in [0.15, 0.2) is 30.3 Å². The van der Waals surface area contributed by atoms with Crippen molar-refractivity contribution in [3.8, 4) is 11.5 Å². The number of methoxy groups -OCH3 is 1. The number of rotatable bonds is 5. The molecule has 0 heterocycles. The van der Waals surface area contributed by atoms with Crippen molar-refractivity contribution >= 4 is 28.7 Å². The Morgan fingerprint density at radius 2 is 1.95 bits per heavy atom. The Kier molecular flexibility index (Phi) is 4.75. The molecular formula is C15H16ClFN2O2. The maximum Gasteiger partial charge on any atom is 0.167 e. The molecule has 0 aromatic heterocycles. The third kappa shape index (κ3) is 3.49. The topological polar surface area (TPSA) is 56.5 Å². The molecule has 2 aromatic rings. The zero-order valence-corrected chi connectivity index (χ0v) is 12.5. The van der Waals surface area contributed by atoms with Gasteiger partial charge in [0.1, 0.15) is 5.75 Å². The first kappa shape index (κ1) is 15.3. The number of nitrogens with one attached hydrogen (secondary N) is 1. The Morgan fingerprint density at radius 1 is 1.19 bits per heavy atom. The van der Waals surface area contributed by atoms with Crippen LogP contribution in [0.5, 0.6) is 11.5 Å². The molecular weight excluding hydrogens is 295 g/mol. The minimum Gasteiger partial charge on any atom is -0.495 e. The molecule has 0 unspecified atom stereocenters. The predicted molar refractivity (Wildman–Crippen MR) is 83.3 cm³/mol. The number of benzene rings is 2. The van der Waals surface area contributed by atoms with E-state index in [4.69, 9.17) is 26.8 Å². The standard InChI is InChI=1S/C15H16ClFN2O2/c1-3-21-15-8-12(11(18)7-10(15)17)19-13-6-9(16)4-5-14(13)20-2/h4-8,19H,3,18H2,1-2H3. The van der Waals surface area contributed by atoms with Gasteiger partial charge in [0.05, 0.1) is 30.8 Å². The fourth-order valence-electron chi connectivity index (χ4n) is 1.87. The highest BCUT2D eigenvalue weighted by Crippen LogP contribution is 2.35. The van der Waals surface area contributed by atoms with Crippen LogP contribution < -0.4 is 20.5 Å². The summed E-state index contributed by atoms with van der Waals surface area (Å²) in [6.07, 6.45) is 0. The molecule has 0 saturated carbocycles.